The van der Waals surface area contributed by atoms with Gasteiger partial charge in [-0.25, -0.2) is 0 Å². The zero-order valence-electron chi connectivity index (χ0n) is 8.64. The van der Waals surface area contributed by atoms with E-state index in [9.17, 15) is 0 Å². The number of fused-ring (bicyclic) bond motifs is 1. The summed E-state index contributed by atoms with van der Waals surface area (Å²) in [6.07, 6.45) is 1.90. The highest BCUT2D eigenvalue weighted by molar-refractivity contribution is 6.38. The first-order valence-corrected chi connectivity index (χ1v) is 5.77. The van der Waals surface area contributed by atoms with E-state index in [1.165, 1.54) is 0 Å². The minimum Gasteiger partial charge on any atom is -0.314 e. The highest BCUT2D eigenvalue weighted by Crippen LogP contribution is 2.29. The number of halogens is 2. The van der Waals surface area contributed by atoms with Gasteiger partial charge in [0.2, 0.25) is 0 Å². The van der Waals surface area contributed by atoms with E-state index in [0.29, 0.717) is 10.3 Å². The van der Waals surface area contributed by atoms with Gasteiger partial charge >= 0.3 is 0 Å². The molecule has 0 saturated heterocycles. The normalized spacial score (nSPS) is 10.9. The van der Waals surface area contributed by atoms with Crippen molar-refractivity contribution in [3.05, 3.63) is 52.9 Å². The van der Waals surface area contributed by atoms with Gasteiger partial charge in [0.15, 0.2) is 10.3 Å². The number of para-hydroxylation sites is 1. The van der Waals surface area contributed by atoms with Crippen molar-refractivity contribution in [2.24, 2.45) is 0 Å². The number of rotatable bonds is 1. The molecule has 0 unspecified atom stereocenters. The molecule has 0 aliphatic carbocycles. The molecule has 0 bridgehead atoms. The summed E-state index contributed by atoms with van der Waals surface area (Å²) in [6, 6.07) is 11.7. The summed E-state index contributed by atoms with van der Waals surface area (Å²) in [6.45, 7) is 0. The first-order valence-electron chi connectivity index (χ1n) is 5.01. The fourth-order valence-corrected chi connectivity index (χ4v) is 2.22. The van der Waals surface area contributed by atoms with Crippen LogP contribution in [0.2, 0.25) is 10.3 Å². The lowest BCUT2D eigenvalue weighted by atomic mass is 10.3. The van der Waals surface area contributed by atoms with Crippen LogP contribution in [0.1, 0.15) is 0 Å². The zero-order chi connectivity index (χ0) is 11.8. The Labute approximate surface area is 108 Å². The molecule has 17 heavy (non-hydrogen) atoms. The van der Waals surface area contributed by atoms with Gasteiger partial charge in [-0.15, -0.1) is 10.2 Å². The fraction of sp³-hybridized carbons (Fsp3) is 0. The maximum absolute atomic E-state index is 6.07. The molecule has 0 radical (unpaired) electrons. The topological polar surface area (TPSA) is 30.7 Å². The molecule has 5 heteroatoms. The van der Waals surface area contributed by atoms with E-state index in [4.69, 9.17) is 23.2 Å². The smallest absolute Gasteiger partial charge is 0.176 e. The third-order valence-corrected chi connectivity index (χ3v) is 3.10. The van der Waals surface area contributed by atoms with Crippen LogP contribution in [0.15, 0.2) is 42.6 Å². The van der Waals surface area contributed by atoms with Gasteiger partial charge in [0.25, 0.3) is 0 Å². The van der Waals surface area contributed by atoms with E-state index < -0.39 is 0 Å². The van der Waals surface area contributed by atoms with Crippen LogP contribution in [0.5, 0.6) is 0 Å². The first kappa shape index (κ1) is 10.6. The van der Waals surface area contributed by atoms with Gasteiger partial charge in [-0.2, -0.15) is 0 Å². The average Bonchev–Trinajstić information content (AvgIpc) is 2.81. The van der Waals surface area contributed by atoms with Crippen LogP contribution in [0.3, 0.4) is 0 Å². The molecule has 1 aromatic carbocycles. The summed E-state index contributed by atoms with van der Waals surface area (Å²) in [5.41, 5.74) is 1.78. The third-order valence-electron chi connectivity index (χ3n) is 2.56. The highest BCUT2D eigenvalue weighted by Gasteiger charge is 2.11. The molecule has 0 aliphatic rings. The van der Waals surface area contributed by atoms with Crippen LogP contribution in [0.25, 0.3) is 16.6 Å². The first-order chi connectivity index (χ1) is 8.27. The van der Waals surface area contributed by atoms with E-state index in [-0.39, 0.29) is 0 Å². The van der Waals surface area contributed by atoms with Gasteiger partial charge in [-0.05, 0) is 18.2 Å². The van der Waals surface area contributed by atoms with Crippen molar-refractivity contribution < 1.29 is 0 Å². The Balaban J connectivity index is 2.36. The third kappa shape index (κ3) is 1.68. The molecule has 0 fully saturated rings. The van der Waals surface area contributed by atoms with Gasteiger partial charge in [0, 0.05) is 17.3 Å². The van der Waals surface area contributed by atoms with Crippen LogP contribution < -0.4 is 0 Å². The largest absolute Gasteiger partial charge is 0.314 e. The van der Waals surface area contributed by atoms with Gasteiger partial charge in [0.05, 0.1) is 5.52 Å². The van der Waals surface area contributed by atoms with Gasteiger partial charge in [-0.3, -0.25) is 0 Å². The number of benzene rings is 1. The Kier molecular flexibility index (Phi) is 2.50. The number of hydrogen-bond donors (Lipinski definition) is 0. The summed E-state index contributed by atoms with van der Waals surface area (Å²) in [7, 11) is 0. The van der Waals surface area contributed by atoms with E-state index in [1.807, 2.05) is 47.2 Å². The second kappa shape index (κ2) is 4.02. The fourth-order valence-electron chi connectivity index (χ4n) is 1.80. The monoisotopic (exact) mass is 263 g/mol. The van der Waals surface area contributed by atoms with Crippen molar-refractivity contribution in [1.82, 2.24) is 14.8 Å². The van der Waals surface area contributed by atoms with Crippen molar-refractivity contribution in [2.45, 2.75) is 0 Å². The summed E-state index contributed by atoms with van der Waals surface area (Å²) in [4.78, 5) is 0. The molecular formula is C12H7Cl2N3. The molecule has 0 spiro atoms. The minimum absolute atomic E-state index is 0.346. The van der Waals surface area contributed by atoms with Crippen molar-refractivity contribution in [3.8, 4) is 5.69 Å². The van der Waals surface area contributed by atoms with E-state index >= 15 is 0 Å². The zero-order valence-corrected chi connectivity index (χ0v) is 10.2. The summed E-state index contributed by atoms with van der Waals surface area (Å²) in [5.74, 6) is 0. The standard InChI is InChI=1S/C12H7Cl2N3/c13-11-9-6-7-17(8-4-2-1-3-5-8)10(9)12(14)16-15-11/h1-7H. The molecule has 2 heterocycles. The molecule has 3 nitrogen and oxygen atoms in total. The predicted molar refractivity (Wildman–Crippen MR) is 68.9 cm³/mol. The summed E-state index contributed by atoms with van der Waals surface area (Å²) in [5, 5.41) is 9.12. The van der Waals surface area contributed by atoms with Crippen molar-refractivity contribution in [2.75, 3.05) is 0 Å². The molecule has 0 atom stereocenters. The van der Waals surface area contributed by atoms with Crippen molar-refractivity contribution >= 4 is 34.1 Å². The second-order valence-electron chi connectivity index (χ2n) is 3.57. The SMILES string of the molecule is Clc1nnc(Cl)c2c1ccn2-c1ccccc1. The quantitative estimate of drug-likeness (QED) is 0.670. The number of aromatic nitrogens is 3. The Morgan fingerprint density at radius 1 is 0.882 bits per heavy atom. The van der Waals surface area contributed by atoms with Crippen LogP contribution in [0, 0.1) is 0 Å². The Bertz CT molecular complexity index is 677. The second-order valence-corrected chi connectivity index (χ2v) is 4.28. The summed E-state index contributed by atoms with van der Waals surface area (Å²) < 4.78 is 1.94. The molecule has 0 aliphatic heterocycles. The molecule has 0 amide bonds. The number of hydrogen-bond acceptors (Lipinski definition) is 2. The molecule has 3 aromatic rings. The average molecular weight is 264 g/mol. The van der Waals surface area contributed by atoms with Crippen LogP contribution in [-0.4, -0.2) is 14.8 Å². The molecule has 3 rings (SSSR count). The highest BCUT2D eigenvalue weighted by atomic mass is 35.5. The van der Waals surface area contributed by atoms with Gasteiger partial charge < -0.3 is 4.57 Å². The lowest BCUT2D eigenvalue weighted by molar-refractivity contribution is 1.03. The Morgan fingerprint density at radius 3 is 2.35 bits per heavy atom. The van der Waals surface area contributed by atoms with E-state index in [1.54, 1.807) is 0 Å². The lowest BCUT2D eigenvalue weighted by Crippen LogP contribution is -1.94. The maximum Gasteiger partial charge on any atom is 0.176 e. The van der Waals surface area contributed by atoms with Crippen molar-refractivity contribution in [1.29, 1.82) is 0 Å². The van der Waals surface area contributed by atoms with E-state index in [2.05, 4.69) is 10.2 Å². The van der Waals surface area contributed by atoms with Crippen LogP contribution in [-0.2, 0) is 0 Å². The number of nitrogens with zero attached hydrogens (tertiary/aromatic N) is 3. The Morgan fingerprint density at radius 2 is 1.59 bits per heavy atom. The molecule has 84 valence electrons. The maximum atomic E-state index is 6.07. The predicted octanol–water partition coefficient (Wildman–Crippen LogP) is 3.73. The molecular weight excluding hydrogens is 257 g/mol. The van der Waals surface area contributed by atoms with Crippen LogP contribution >= 0.6 is 23.2 Å². The van der Waals surface area contributed by atoms with E-state index in [0.717, 1.165) is 16.6 Å². The van der Waals surface area contributed by atoms with Crippen LogP contribution in [0.4, 0.5) is 0 Å². The molecule has 0 N–H and O–H groups in total. The lowest BCUT2D eigenvalue weighted by Gasteiger charge is -2.05. The minimum atomic E-state index is 0.346. The molecule has 2 aromatic heterocycles. The Hall–Kier alpha value is -1.58. The van der Waals surface area contributed by atoms with Crippen molar-refractivity contribution in [3.63, 3.8) is 0 Å². The summed E-state index contributed by atoms with van der Waals surface area (Å²) >= 11 is 12.1. The van der Waals surface area contributed by atoms with Gasteiger partial charge in [-0.1, -0.05) is 41.4 Å². The van der Waals surface area contributed by atoms with Gasteiger partial charge in [0.1, 0.15) is 0 Å². The molecule has 0 saturated carbocycles.